The van der Waals surface area contributed by atoms with Crippen LogP contribution in [0.5, 0.6) is 0 Å². The van der Waals surface area contributed by atoms with Gasteiger partial charge in [-0.1, -0.05) is 24.4 Å². The van der Waals surface area contributed by atoms with Crippen molar-refractivity contribution in [3.05, 3.63) is 23.1 Å². The van der Waals surface area contributed by atoms with Crippen LogP contribution in [0.4, 0.5) is 10.2 Å². The van der Waals surface area contributed by atoms with E-state index in [1.165, 1.54) is 18.7 Å². The van der Waals surface area contributed by atoms with E-state index in [0.717, 1.165) is 25.8 Å². The molecule has 1 aromatic heterocycles. The molecule has 2 heterocycles. The summed E-state index contributed by atoms with van der Waals surface area (Å²) >= 11 is 5.71. The Kier molecular flexibility index (Phi) is 4.18. The summed E-state index contributed by atoms with van der Waals surface area (Å²) in [6.07, 6.45) is 5.86. The predicted molar refractivity (Wildman–Crippen MR) is 67.9 cm³/mol. The number of pyridine rings is 1. The number of nitrogens with zero attached hydrogens (tertiary/aromatic N) is 2. The highest BCUT2D eigenvalue weighted by Crippen LogP contribution is 2.25. The lowest BCUT2D eigenvalue weighted by atomic mass is 10.1. The van der Waals surface area contributed by atoms with Crippen molar-refractivity contribution in [2.45, 2.75) is 31.7 Å². The maximum absolute atomic E-state index is 13.8. The van der Waals surface area contributed by atoms with Gasteiger partial charge in [-0.3, -0.25) is 0 Å². The predicted octanol–water partition coefficient (Wildman–Crippen LogP) is 2.58. The lowest BCUT2D eigenvalue weighted by molar-refractivity contribution is 0.551. The van der Waals surface area contributed by atoms with Crippen LogP contribution in [0.25, 0.3) is 0 Å². The minimum atomic E-state index is -0.363. The van der Waals surface area contributed by atoms with Gasteiger partial charge in [0.2, 0.25) is 0 Å². The maximum Gasteiger partial charge on any atom is 0.167 e. The largest absolute Gasteiger partial charge is 0.350 e. The molecule has 1 aliphatic rings. The SMILES string of the molecule is NCC1CCCCCN1c1ncc(Cl)cc1F. The summed E-state index contributed by atoms with van der Waals surface area (Å²) in [5.41, 5.74) is 5.76. The second-order valence-corrected chi connectivity index (χ2v) is 4.83. The Morgan fingerprint density at radius 2 is 2.29 bits per heavy atom. The summed E-state index contributed by atoms with van der Waals surface area (Å²) < 4.78 is 13.8. The average Bonchev–Trinajstić information content (AvgIpc) is 2.54. The normalized spacial score (nSPS) is 21.4. The first-order valence-corrected chi connectivity index (χ1v) is 6.38. The van der Waals surface area contributed by atoms with E-state index in [1.54, 1.807) is 0 Å². The van der Waals surface area contributed by atoms with Crippen LogP contribution in [-0.2, 0) is 0 Å². The molecule has 0 amide bonds. The van der Waals surface area contributed by atoms with Crippen molar-refractivity contribution in [1.82, 2.24) is 4.98 Å². The molecule has 0 saturated carbocycles. The van der Waals surface area contributed by atoms with Gasteiger partial charge in [-0.2, -0.15) is 0 Å². The molecule has 3 nitrogen and oxygen atoms in total. The number of anilines is 1. The summed E-state index contributed by atoms with van der Waals surface area (Å²) in [6, 6.07) is 1.49. The van der Waals surface area contributed by atoms with Crippen molar-refractivity contribution in [3.8, 4) is 0 Å². The second-order valence-electron chi connectivity index (χ2n) is 4.39. The summed E-state index contributed by atoms with van der Waals surface area (Å²) in [7, 11) is 0. The molecule has 0 spiro atoms. The molecule has 5 heteroatoms. The summed E-state index contributed by atoms with van der Waals surface area (Å²) in [4.78, 5) is 6.09. The Balaban J connectivity index is 2.28. The average molecular weight is 258 g/mol. The zero-order valence-corrected chi connectivity index (χ0v) is 10.5. The molecule has 0 radical (unpaired) electrons. The quantitative estimate of drug-likeness (QED) is 0.886. The molecule has 2 N–H and O–H groups in total. The second kappa shape index (κ2) is 5.65. The molecule has 1 saturated heterocycles. The van der Waals surface area contributed by atoms with Gasteiger partial charge in [-0.15, -0.1) is 0 Å². The lowest BCUT2D eigenvalue weighted by Crippen LogP contribution is -2.41. The standard InChI is InChI=1S/C12H17ClFN3/c13-9-6-11(14)12(16-8-9)17-5-3-1-2-4-10(17)7-15/h6,8,10H,1-5,7,15H2. The molecule has 0 aromatic carbocycles. The van der Waals surface area contributed by atoms with E-state index in [9.17, 15) is 4.39 Å². The van der Waals surface area contributed by atoms with Gasteiger partial charge >= 0.3 is 0 Å². The Bertz CT molecular complexity index is 386. The van der Waals surface area contributed by atoms with Crippen molar-refractivity contribution in [3.63, 3.8) is 0 Å². The molecule has 1 fully saturated rings. The van der Waals surface area contributed by atoms with Crippen molar-refractivity contribution >= 4 is 17.4 Å². The molecular formula is C12H17ClFN3. The van der Waals surface area contributed by atoms with Crippen LogP contribution in [0.1, 0.15) is 25.7 Å². The van der Waals surface area contributed by atoms with Gasteiger partial charge in [0.25, 0.3) is 0 Å². The summed E-state index contributed by atoms with van der Waals surface area (Å²) in [5.74, 6) is 0.0181. The minimum absolute atomic E-state index is 0.181. The van der Waals surface area contributed by atoms with Gasteiger partial charge in [0.15, 0.2) is 11.6 Å². The third-order valence-corrected chi connectivity index (χ3v) is 3.42. The van der Waals surface area contributed by atoms with Crippen LogP contribution < -0.4 is 10.6 Å². The van der Waals surface area contributed by atoms with Crippen LogP contribution in [0.2, 0.25) is 5.02 Å². The fourth-order valence-electron chi connectivity index (χ4n) is 2.32. The van der Waals surface area contributed by atoms with Crippen molar-refractivity contribution in [2.24, 2.45) is 5.73 Å². The van der Waals surface area contributed by atoms with Crippen molar-refractivity contribution < 1.29 is 4.39 Å². The zero-order chi connectivity index (χ0) is 12.3. The molecule has 1 aromatic rings. The van der Waals surface area contributed by atoms with Crippen molar-refractivity contribution in [1.29, 1.82) is 0 Å². The number of rotatable bonds is 2. The highest BCUT2D eigenvalue weighted by atomic mass is 35.5. The van der Waals surface area contributed by atoms with Gasteiger partial charge < -0.3 is 10.6 Å². The number of hydrogen-bond donors (Lipinski definition) is 1. The van der Waals surface area contributed by atoms with Crippen LogP contribution in [0, 0.1) is 5.82 Å². The van der Waals surface area contributed by atoms with Gasteiger partial charge in [-0.25, -0.2) is 9.37 Å². The topological polar surface area (TPSA) is 42.1 Å². The monoisotopic (exact) mass is 257 g/mol. The number of aromatic nitrogens is 1. The zero-order valence-electron chi connectivity index (χ0n) is 9.70. The van der Waals surface area contributed by atoms with Crippen LogP contribution in [0.15, 0.2) is 12.3 Å². The molecule has 0 bridgehead atoms. The number of halogens is 2. The Labute approximate surface area is 106 Å². The van der Waals surface area contributed by atoms with E-state index in [0.29, 0.717) is 17.4 Å². The molecule has 2 rings (SSSR count). The molecule has 0 aliphatic carbocycles. The molecular weight excluding hydrogens is 241 g/mol. The fourth-order valence-corrected chi connectivity index (χ4v) is 2.46. The van der Waals surface area contributed by atoms with E-state index in [-0.39, 0.29) is 11.9 Å². The highest BCUT2D eigenvalue weighted by molar-refractivity contribution is 6.30. The molecule has 94 valence electrons. The van der Waals surface area contributed by atoms with Gasteiger partial charge in [-0.05, 0) is 18.9 Å². The first-order chi connectivity index (χ1) is 8.22. The van der Waals surface area contributed by atoms with E-state index in [2.05, 4.69) is 4.98 Å². The Morgan fingerprint density at radius 1 is 1.47 bits per heavy atom. The van der Waals surface area contributed by atoms with Gasteiger partial charge in [0.1, 0.15) is 0 Å². The fraction of sp³-hybridized carbons (Fsp3) is 0.583. The van der Waals surface area contributed by atoms with Crippen molar-refractivity contribution in [2.75, 3.05) is 18.0 Å². The van der Waals surface area contributed by atoms with Gasteiger partial charge in [0, 0.05) is 25.3 Å². The van der Waals surface area contributed by atoms with E-state index in [1.807, 2.05) is 4.90 Å². The lowest BCUT2D eigenvalue weighted by Gasteiger charge is -2.30. The third kappa shape index (κ3) is 2.87. The first kappa shape index (κ1) is 12.6. The number of nitrogens with two attached hydrogens (primary N) is 1. The number of hydrogen-bond acceptors (Lipinski definition) is 3. The third-order valence-electron chi connectivity index (χ3n) is 3.21. The molecule has 1 unspecified atom stereocenters. The van der Waals surface area contributed by atoms with E-state index in [4.69, 9.17) is 17.3 Å². The molecule has 17 heavy (non-hydrogen) atoms. The summed E-state index contributed by atoms with van der Waals surface area (Å²) in [5, 5.41) is 0.324. The Morgan fingerprint density at radius 3 is 3.00 bits per heavy atom. The minimum Gasteiger partial charge on any atom is -0.350 e. The maximum atomic E-state index is 13.8. The highest BCUT2D eigenvalue weighted by Gasteiger charge is 2.23. The molecule has 1 atom stereocenters. The first-order valence-electron chi connectivity index (χ1n) is 6.00. The summed E-state index contributed by atoms with van der Waals surface area (Å²) in [6.45, 7) is 1.34. The van der Waals surface area contributed by atoms with Crippen LogP contribution >= 0.6 is 11.6 Å². The smallest absolute Gasteiger partial charge is 0.167 e. The Hall–Kier alpha value is -0.870. The van der Waals surface area contributed by atoms with Crippen LogP contribution in [-0.4, -0.2) is 24.1 Å². The van der Waals surface area contributed by atoms with E-state index >= 15 is 0 Å². The van der Waals surface area contributed by atoms with Crippen LogP contribution in [0.3, 0.4) is 0 Å². The van der Waals surface area contributed by atoms with E-state index < -0.39 is 0 Å². The van der Waals surface area contributed by atoms with Gasteiger partial charge in [0.05, 0.1) is 5.02 Å². The molecule has 1 aliphatic heterocycles.